The van der Waals surface area contributed by atoms with E-state index in [0.717, 1.165) is 31.7 Å². The molecule has 19 heavy (non-hydrogen) atoms. The van der Waals surface area contributed by atoms with Crippen molar-refractivity contribution in [2.45, 2.75) is 58.7 Å². The highest BCUT2D eigenvalue weighted by Crippen LogP contribution is 2.13. The summed E-state index contributed by atoms with van der Waals surface area (Å²) >= 11 is 0. The van der Waals surface area contributed by atoms with Gasteiger partial charge in [0.2, 0.25) is 0 Å². The second-order valence-electron chi connectivity index (χ2n) is 6.08. The fourth-order valence-electron chi connectivity index (χ4n) is 1.86. The molecule has 0 saturated heterocycles. The quantitative estimate of drug-likeness (QED) is 0.709. The van der Waals surface area contributed by atoms with E-state index in [1.54, 1.807) is 0 Å². The average Bonchev–Trinajstić information content (AvgIpc) is 2.28. The number of ether oxygens (including phenoxy) is 1. The van der Waals surface area contributed by atoms with Crippen LogP contribution in [0, 0.1) is 0 Å². The second kappa shape index (κ2) is 7.51. The van der Waals surface area contributed by atoms with Crippen LogP contribution < -0.4 is 15.8 Å². The molecule has 3 heteroatoms. The molecule has 3 nitrogen and oxygen atoms in total. The highest BCUT2D eigenvalue weighted by atomic mass is 16.5. The first-order valence-corrected chi connectivity index (χ1v) is 7.12. The van der Waals surface area contributed by atoms with Gasteiger partial charge in [-0.3, -0.25) is 0 Å². The second-order valence-corrected chi connectivity index (χ2v) is 6.08. The fraction of sp³-hybridized carbons (Fsp3) is 0.625. The van der Waals surface area contributed by atoms with Crippen LogP contribution in [0.3, 0.4) is 0 Å². The lowest BCUT2D eigenvalue weighted by Crippen LogP contribution is -2.32. The number of benzene rings is 1. The third kappa shape index (κ3) is 7.85. The van der Waals surface area contributed by atoms with Gasteiger partial charge in [0.05, 0.1) is 6.10 Å². The van der Waals surface area contributed by atoms with E-state index < -0.39 is 0 Å². The van der Waals surface area contributed by atoms with Gasteiger partial charge in [0.25, 0.3) is 0 Å². The summed E-state index contributed by atoms with van der Waals surface area (Å²) in [6.07, 6.45) is 2.38. The zero-order valence-electron chi connectivity index (χ0n) is 12.7. The molecule has 0 aliphatic heterocycles. The van der Waals surface area contributed by atoms with Crippen LogP contribution in [0.5, 0.6) is 5.75 Å². The predicted octanol–water partition coefficient (Wildman–Crippen LogP) is 3.08. The van der Waals surface area contributed by atoms with Crippen LogP contribution in [-0.4, -0.2) is 18.2 Å². The van der Waals surface area contributed by atoms with Gasteiger partial charge >= 0.3 is 0 Å². The zero-order valence-corrected chi connectivity index (χ0v) is 12.7. The summed E-state index contributed by atoms with van der Waals surface area (Å²) in [7, 11) is 0. The van der Waals surface area contributed by atoms with Gasteiger partial charge in [0.15, 0.2) is 0 Å². The lowest BCUT2D eigenvalue weighted by atomic mass is 10.0. The molecule has 0 saturated carbocycles. The van der Waals surface area contributed by atoms with Crippen LogP contribution in [-0.2, 0) is 6.54 Å². The van der Waals surface area contributed by atoms with Gasteiger partial charge in [-0.1, -0.05) is 12.1 Å². The molecule has 0 aromatic heterocycles. The molecule has 1 aromatic carbocycles. The zero-order chi connectivity index (χ0) is 14.3. The Morgan fingerprint density at radius 1 is 1.21 bits per heavy atom. The molecule has 0 radical (unpaired) electrons. The molecule has 0 bridgehead atoms. The Kier molecular flexibility index (Phi) is 6.32. The molecule has 0 aliphatic carbocycles. The van der Waals surface area contributed by atoms with Crippen LogP contribution >= 0.6 is 0 Å². The van der Waals surface area contributed by atoms with Gasteiger partial charge in [-0.2, -0.15) is 0 Å². The number of hydrogen-bond acceptors (Lipinski definition) is 3. The minimum Gasteiger partial charge on any atom is -0.491 e. The maximum atomic E-state index is 5.94. The summed E-state index contributed by atoms with van der Waals surface area (Å²) in [6.45, 7) is 10.1. The molecule has 1 rings (SSSR count). The predicted molar refractivity (Wildman–Crippen MR) is 81.4 cm³/mol. The summed E-state index contributed by atoms with van der Waals surface area (Å²) in [5.74, 6) is 0.934. The molecule has 0 amide bonds. The fourth-order valence-corrected chi connectivity index (χ4v) is 1.86. The van der Waals surface area contributed by atoms with Crippen LogP contribution in [0.15, 0.2) is 24.3 Å². The Morgan fingerprint density at radius 3 is 2.37 bits per heavy atom. The summed E-state index contributed by atoms with van der Waals surface area (Å²) in [4.78, 5) is 0. The lowest BCUT2D eigenvalue weighted by molar-refractivity contribution is 0.242. The van der Waals surface area contributed by atoms with Gasteiger partial charge in [-0.05, 0) is 64.8 Å². The van der Waals surface area contributed by atoms with E-state index in [9.17, 15) is 0 Å². The highest BCUT2D eigenvalue weighted by molar-refractivity contribution is 5.27. The van der Waals surface area contributed by atoms with E-state index in [0.29, 0.717) is 0 Å². The van der Waals surface area contributed by atoms with Crippen molar-refractivity contribution in [2.24, 2.45) is 5.73 Å². The molecule has 0 atom stereocenters. The Bertz CT molecular complexity index is 352. The Hall–Kier alpha value is -1.06. The van der Waals surface area contributed by atoms with Crippen LogP contribution in [0.2, 0.25) is 0 Å². The van der Waals surface area contributed by atoms with E-state index in [4.69, 9.17) is 10.5 Å². The highest BCUT2D eigenvalue weighted by Gasteiger charge is 2.08. The van der Waals surface area contributed by atoms with Gasteiger partial charge in [-0.15, -0.1) is 0 Å². The maximum Gasteiger partial charge on any atom is 0.119 e. The molecular weight excluding hydrogens is 236 g/mol. The van der Waals surface area contributed by atoms with E-state index in [1.807, 2.05) is 26.0 Å². The van der Waals surface area contributed by atoms with Crippen molar-refractivity contribution in [1.82, 2.24) is 5.32 Å². The largest absolute Gasteiger partial charge is 0.491 e. The van der Waals surface area contributed by atoms with Crippen molar-refractivity contribution in [3.8, 4) is 5.75 Å². The van der Waals surface area contributed by atoms with Crippen molar-refractivity contribution in [1.29, 1.82) is 0 Å². The van der Waals surface area contributed by atoms with Crippen LogP contribution in [0.25, 0.3) is 0 Å². The first kappa shape index (κ1) is 16.0. The number of nitrogens with one attached hydrogen (secondary N) is 1. The molecule has 0 unspecified atom stereocenters. The molecule has 1 aromatic rings. The Labute approximate surface area is 117 Å². The standard InChI is InChI=1S/C16H28N2O/c1-13(2)19-15-8-6-14(7-9-15)12-18-11-5-10-16(3,4)17/h6-9,13,18H,5,10-12,17H2,1-4H3. The molecule has 3 N–H and O–H groups in total. The molecule has 0 heterocycles. The van der Waals surface area contributed by atoms with Gasteiger partial charge < -0.3 is 15.8 Å². The maximum absolute atomic E-state index is 5.94. The number of rotatable bonds is 8. The average molecular weight is 264 g/mol. The third-order valence-corrected chi connectivity index (χ3v) is 2.80. The van der Waals surface area contributed by atoms with E-state index in [2.05, 4.69) is 31.3 Å². The van der Waals surface area contributed by atoms with E-state index in [1.165, 1.54) is 5.56 Å². The van der Waals surface area contributed by atoms with Crippen LogP contribution in [0.4, 0.5) is 0 Å². The van der Waals surface area contributed by atoms with E-state index >= 15 is 0 Å². The van der Waals surface area contributed by atoms with Gasteiger partial charge in [0, 0.05) is 12.1 Å². The molecular formula is C16H28N2O. The summed E-state index contributed by atoms with van der Waals surface area (Å²) in [5, 5.41) is 3.44. The van der Waals surface area contributed by atoms with Crippen molar-refractivity contribution in [2.75, 3.05) is 6.54 Å². The molecule has 0 fully saturated rings. The van der Waals surface area contributed by atoms with Gasteiger partial charge in [0.1, 0.15) is 5.75 Å². The number of nitrogens with two attached hydrogens (primary N) is 1. The van der Waals surface area contributed by atoms with Gasteiger partial charge in [-0.25, -0.2) is 0 Å². The van der Waals surface area contributed by atoms with Crippen molar-refractivity contribution in [3.05, 3.63) is 29.8 Å². The smallest absolute Gasteiger partial charge is 0.119 e. The van der Waals surface area contributed by atoms with Crippen molar-refractivity contribution < 1.29 is 4.74 Å². The molecule has 0 spiro atoms. The summed E-state index contributed by atoms with van der Waals surface area (Å²) in [6, 6.07) is 8.27. The summed E-state index contributed by atoms with van der Waals surface area (Å²) < 4.78 is 5.62. The van der Waals surface area contributed by atoms with Crippen molar-refractivity contribution in [3.63, 3.8) is 0 Å². The van der Waals surface area contributed by atoms with E-state index in [-0.39, 0.29) is 11.6 Å². The first-order chi connectivity index (χ1) is 8.87. The minimum absolute atomic E-state index is 0.0580. The Balaban J connectivity index is 2.23. The minimum atomic E-state index is -0.0580. The SMILES string of the molecule is CC(C)Oc1ccc(CNCCCC(C)(C)N)cc1. The molecule has 0 aliphatic rings. The summed E-state index contributed by atoms with van der Waals surface area (Å²) in [5.41, 5.74) is 7.17. The monoisotopic (exact) mass is 264 g/mol. The van der Waals surface area contributed by atoms with Crippen molar-refractivity contribution >= 4 is 0 Å². The first-order valence-electron chi connectivity index (χ1n) is 7.12. The van der Waals surface area contributed by atoms with Crippen LogP contribution in [0.1, 0.15) is 46.1 Å². The molecule has 108 valence electrons. The number of hydrogen-bond donors (Lipinski definition) is 2. The Morgan fingerprint density at radius 2 is 1.84 bits per heavy atom. The normalized spacial score (nSPS) is 11.9. The third-order valence-electron chi connectivity index (χ3n) is 2.80. The lowest BCUT2D eigenvalue weighted by Gasteiger charge is -2.18. The topological polar surface area (TPSA) is 47.3 Å².